The molecule has 144 valence electrons. The second-order valence-corrected chi connectivity index (χ2v) is 7.27. The Morgan fingerprint density at radius 2 is 1.89 bits per heavy atom. The molecule has 1 aliphatic rings. The molecule has 0 saturated heterocycles. The van der Waals surface area contributed by atoms with Crippen LogP contribution < -0.4 is 20.5 Å². The SMILES string of the molecule is COc1ccc(CN=C(N)NCC2(c3ccccc3Cl)CCC2)cc1OC. The summed E-state index contributed by atoms with van der Waals surface area (Å²) >= 11 is 6.42. The molecule has 0 spiro atoms. The minimum atomic E-state index is 0.0435. The number of benzene rings is 2. The van der Waals surface area contributed by atoms with Gasteiger partial charge in [0.05, 0.1) is 20.8 Å². The van der Waals surface area contributed by atoms with Crippen LogP contribution in [0.15, 0.2) is 47.5 Å². The molecule has 6 heteroatoms. The first-order valence-corrected chi connectivity index (χ1v) is 9.45. The standard InChI is InChI=1S/C21H26ClN3O2/c1-26-18-9-8-15(12-19(18)27-2)13-24-20(23)25-14-21(10-5-11-21)16-6-3-4-7-17(16)22/h3-4,6-9,12H,5,10-11,13-14H2,1-2H3,(H3,23,24,25). The van der Waals surface area contributed by atoms with Gasteiger partial charge in [-0.25, -0.2) is 4.99 Å². The van der Waals surface area contributed by atoms with Crippen LogP contribution in [-0.2, 0) is 12.0 Å². The molecule has 0 radical (unpaired) electrons. The van der Waals surface area contributed by atoms with Gasteiger partial charge in [0.1, 0.15) is 0 Å². The Hall–Kier alpha value is -2.40. The van der Waals surface area contributed by atoms with E-state index in [-0.39, 0.29) is 5.41 Å². The van der Waals surface area contributed by atoms with Crippen molar-refractivity contribution in [1.29, 1.82) is 0 Å². The zero-order valence-electron chi connectivity index (χ0n) is 15.8. The monoisotopic (exact) mass is 387 g/mol. The molecule has 0 heterocycles. The van der Waals surface area contributed by atoms with Gasteiger partial charge in [0.15, 0.2) is 17.5 Å². The van der Waals surface area contributed by atoms with Gasteiger partial charge >= 0.3 is 0 Å². The van der Waals surface area contributed by atoms with Crippen LogP contribution >= 0.6 is 11.6 Å². The number of nitrogens with two attached hydrogens (primary N) is 1. The molecule has 1 saturated carbocycles. The zero-order chi connectivity index (χ0) is 19.3. The fraction of sp³-hybridized carbons (Fsp3) is 0.381. The molecule has 27 heavy (non-hydrogen) atoms. The molecular weight excluding hydrogens is 362 g/mol. The third-order valence-electron chi connectivity index (χ3n) is 5.24. The summed E-state index contributed by atoms with van der Waals surface area (Å²) in [6, 6.07) is 13.8. The molecule has 2 aromatic rings. The van der Waals surface area contributed by atoms with E-state index in [1.165, 1.54) is 12.0 Å². The van der Waals surface area contributed by atoms with Gasteiger partial charge in [-0.3, -0.25) is 0 Å². The van der Waals surface area contributed by atoms with Gasteiger partial charge in [0.2, 0.25) is 0 Å². The summed E-state index contributed by atoms with van der Waals surface area (Å²) in [5.41, 5.74) is 8.34. The van der Waals surface area contributed by atoms with Crippen molar-refractivity contribution in [2.75, 3.05) is 20.8 Å². The molecule has 0 bridgehead atoms. The van der Waals surface area contributed by atoms with Gasteiger partial charge in [-0.1, -0.05) is 42.3 Å². The number of nitrogens with one attached hydrogen (secondary N) is 1. The van der Waals surface area contributed by atoms with Crippen LogP contribution in [0.3, 0.4) is 0 Å². The lowest BCUT2D eigenvalue weighted by Gasteiger charge is -2.43. The fourth-order valence-corrected chi connectivity index (χ4v) is 3.84. The van der Waals surface area contributed by atoms with Gasteiger partial charge in [-0.05, 0) is 42.2 Å². The summed E-state index contributed by atoms with van der Waals surface area (Å²) in [5.74, 6) is 1.81. The number of halogens is 1. The topological polar surface area (TPSA) is 68.9 Å². The Kier molecular flexibility index (Phi) is 6.11. The predicted octanol–water partition coefficient (Wildman–Crippen LogP) is 3.88. The Morgan fingerprint density at radius 3 is 2.52 bits per heavy atom. The average Bonchev–Trinajstić information content (AvgIpc) is 2.66. The van der Waals surface area contributed by atoms with Crippen LogP contribution in [0.25, 0.3) is 0 Å². The highest BCUT2D eigenvalue weighted by Crippen LogP contribution is 2.45. The van der Waals surface area contributed by atoms with Gasteiger partial charge in [0, 0.05) is 17.0 Å². The van der Waals surface area contributed by atoms with Crippen molar-refractivity contribution in [1.82, 2.24) is 5.32 Å². The first-order chi connectivity index (χ1) is 13.1. The van der Waals surface area contributed by atoms with Crippen molar-refractivity contribution in [3.63, 3.8) is 0 Å². The van der Waals surface area contributed by atoms with E-state index in [1.54, 1.807) is 14.2 Å². The Bertz CT molecular complexity index is 819. The number of hydrogen-bond donors (Lipinski definition) is 2. The second-order valence-electron chi connectivity index (χ2n) is 6.86. The molecule has 2 aromatic carbocycles. The van der Waals surface area contributed by atoms with E-state index in [0.29, 0.717) is 24.0 Å². The van der Waals surface area contributed by atoms with Crippen LogP contribution in [0, 0.1) is 0 Å². The average molecular weight is 388 g/mol. The van der Waals surface area contributed by atoms with Crippen molar-refractivity contribution in [3.05, 3.63) is 58.6 Å². The highest BCUT2D eigenvalue weighted by Gasteiger charge is 2.39. The number of guanidine groups is 1. The molecule has 0 unspecified atom stereocenters. The summed E-state index contributed by atoms with van der Waals surface area (Å²) in [6.07, 6.45) is 3.41. The van der Waals surface area contributed by atoms with Crippen LogP contribution in [0.5, 0.6) is 11.5 Å². The van der Waals surface area contributed by atoms with E-state index in [9.17, 15) is 0 Å². The maximum Gasteiger partial charge on any atom is 0.188 e. The molecule has 1 fully saturated rings. The maximum absolute atomic E-state index is 6.42. The van der Waals surface area contributed by atoms with E-state index < -0.39 is 0 Å². The summed E-state index contributed by atoms with van der Waals surface area (Å²) in [4.78, 5) is 4.46. The number of ether oxygens (including phenoxy) is 2. The van der Waals surface area contributed by atoms with E-state index in [2.05, 4.69) is 16.4 Å². The van der Waals surface area contributed by atoms with Crippen LogP contribution in [0.2, 0.25) is 5.02 Å². The van der Waals surface area contributed by atoms with E-state index in [1.807, 2.05) is 36.4 Å². The Balaban J connectivity index is 1.63. The maximum atomic E-state index is 6.42. The van der Waals surface area contributed by atoms with Crippen molar-refractivity contribution in [3.8, 4) is 11.5 Å². The predicted molar refractivity (Wildman–Crippen MR) is 110 cm³/mol. The van der Waals surface area contributed by atoms with Gasteiger partial charge in [-0.2, -0.15) is 0 Å². The quantitative estimate of drug-likeness (QED) is 0.558. The summed E-state index contributed by atoms with van der Waals surface area (Å²) in [7, 11) is 3.24. The van der Waals surface area contributed by atoms with Crippen LogP contribution in [-0.4, -0.2) is 26.7 Å². The molecule has 3 N–H and O–H groups in total. The van der Waals surface area contributed by atoms with E-state index in [4.69, 9.17) is 26.8 Å². The van der Waals surface area contributed by atoms with Crippen molar-refractivity contribution in [2.24, 2.45) is 10.7 Å². The molecule has 0 aromatic heterocycles. The summed E-state index contributed by atoms with van der Waals surface area (Å²) < 4.78 is 10.6. The lowest BCUT2D eigenvalue weighted by atomic mass is 9.64. The molecule has 0 amide bonds. The van der Waals surface area contributed by atoms with Crippen molar-refractivity contribution < 1.29 is 9.47 Å². The molecular formula is C21H26ClN3O2. The number of aliphatic imine (C=N–C) groups is 1. The molecule has 0 atom stereocenters. The van der Waals surface area contributed by atoms with E-state index >= 15 is 0 Å². The zero-order valence-corrected chi connectivity index (χ0v) is 16.6. The summed E-state index contributed by atoms with van der Waals surface area (Å²) in [6.45, 7) is 1.20. The van der Waals surface area contributed by atoms with Crippen LogP contribution in [0.1, 0.15) is 30.4 Å². The summed E-state index contributed by atoms with van der Waals surface area (Å²) in [5, 5.41) is 4.10. The lowest BCUT2D eigenvalue weighted by Crippen LogP contribution is -2.47. The molecule has 1 aliphatic carbocycles. The minimum Gasteiger partial charge on any atom is -0.493 e. The normalized spacial score (nSPS) is 15.7. The van der Waals surface area contributed by atoms with Crippen molar-refractivity contribution >= 4 is 17.6 Å². The van der Waals surface area contributed by atoms with Gasteiger partial charge < -0.3 is 20.5 Å². The minimum absolute atomic E-state index is 0.0435. The largest absolute Gasteiger partial charge is 0.493 e. The number of hydrogen-bond acceptors (Lipinski definition) is 3. The molecule has 5 nitrogen and oxygen atoms in total. The Morgan fingerprint density at radius 1 is 1.15 bits per heavy atom. The third kappa shape index (κ3) is 4.30. The number of methoxy groups -OCH3 is 2. The highest BCUT2D eigenvalue weighted by molar-refractivity contribution is 6.31. The van der Waals surface area contributed by atoms with Gasteiger partial charge in [-0.15, -0.1) is 0 Å². The van der Waals surface area contributed by atoms with Crippen molar-refractivity contribution in [2.45, 2.75) is 31.2 Å². The van der Waals surface area contributed by atoms with Gasteiger partial charge in [0.25, 0.3) is 0 Å². The Labute approximate surface area is 165 Å². The van der Waals surface area contributed by atoms with E-state index in [0.717, 1.165) is 30.0 Å². The highest BCUT2D eigenvalue weighted by atomic mass is 35.5. The first-order valence-electron chi connectivity index (χ1n) is 9.08. The first kappa shape index (κ1) is 19.4. The number of rotatable bonds is 7. The molecule has 0 aliphatic heterocycles. The van der Waals surface area contributed by atoms with Crippen LogP contribution in [0.4, 0.5) is 0 Å². The number of nitrogens with zero attached hydrogens (tertiary/aromatic N) is 1. The smallest absolute Gasteiger partial charge is 0.188 e. The third-order valence-corrected chi connectivity index (χ3v) is 5.57. The molecule has 3 rings (SSSR count). The second kappa shape index (κ2) is 8.53. The lowest BCUT2D eigenvalue weighted by molar-refractivity contribution is 0.244. The fourth-order valence-electron chi connectivity index (χ4n) is 3.51.